The molecule has 2 unspecified atom stereocenters. The summed E-state index contributed by atoms with van der Waals surface area (Å²) in [6, 6.07) is 11.1. The topological polar surface area (TPSA) is 28.1 Å². The summed E-state index contributed by atoms with van der Waals surface area (Å²) in [5, 5.41) is 0. The quantitative estimate of drug-likeness (QED) is 0.333. The second kappa shape index (κ2) is 9.25. The number of aromatic nitrogens is 1. The maximum Gasteiger partial charge on any atom is 0.0993 e. The van der Waals surface area contributed by atoms with Gasteiger partial charge in [-0.2, -0.15) is 0 Å². The van der Waals surface area contributed by atoms with Crippen molar-refractivity contribution in [3.63, 3.8) is 0 Å². The van der Waals surface area contributed by atoms with E-state index in [1.54, 1.807) is 0 Å². The Kier molecular flexibility index (Phi) is 7.22. The molecule has 2 aromatic rings. The number of H-pyrrole nitrogens is 1. The zero-order valence-corrected chi connectivity index (χ0v) is 20.9. The van der Waals surface area contributed by atoms with Crippen LogP contribution in [0.5, 0.6) is 0 Å². The highest BCUT2D eigenvalue weighted by molar-refractivity contribution is 14.1. The molecule has 0 bridgehead atoms. The molecule has 1 aromatic carbocycles. The van der Waals surface area contributed by atoms with Crippen molar-refractivity contribution in [2.75, 3.05) is 0 Å². The van der Waals surface area contributed by atoms with Gasteiger partial charge in [-0.05, 0) is 98.7 Å². The van der Waals surface area contributed by atoms with Gasteiger partial charge in [-0.25, -0.2) is 0 Å². The van der Waals surface area contributed by atoms with Gasteiger partial charge < -0.3 is 4.98 Å². The van der Waals surface area contributed by atoms with Gasteiger partial charge in [0.25, 0.3) is 0 Å². The number of nitrogens with zero attached hydrogens (tertiary/aromatic N) is 1. The van der Waals surface area contributed by atoms with Gasteiger partial charge >= 0.3 is 0 Å². The predicted octanol–water partition coefficient (Wildman–Crippen LogP) is 7.21. The van der Waals surface area contributed by atoms with Crippen LogP contribution in [-0.4, -0.2) is 14.7 Å². The molecule has 0 fully saturated rings. The van der Waals surface area contributed by atoms with Gasteiger partial charge in [0.2, 0.25) is 0 Å². The van der Waals surface area contributed by atoms with Crippen LogP contribution >= 0.6 is 45.2 Å². The molecule has 4 heteroatoms. The average molecular weight is 586 g/mol. The van der Waals surface area contributed by atoms with Crippen molar-refractivity contribution >= 4 is 48.9 Å². The highest BCUT2D eigenvalue weighted by Gasteiger charge is 2.35. The number of aromatic amines is 1. The van der Waals surface area contributed by atoms with Gasteiger partial charge in [0.05, 0.1) is 19.4 Å². The first-order valence-corrected chi connectivity index (χ1v) is 12.1. The number of benzene rings is 1. The second-order valence-electron chi connectivity index (χ2n) is 6.98. The molecule has 2 atom stereocenters. The Balaban J connectivity index is 2.23. The van der Waals surface area contributed by atoms with Crippen molar-refractivity contribution in [3.8, 4) is 0 Å². The van der Waals surface area contributed by atoms with E-state index in [1.807, 2.05) is 0 Å². The highest BCUT2D eigenvalue weighted by Crippen LogP contribution is 2.42. The smallest absolute Gasteiger partial charge is 0.0993 e. The first-order chi connectivity index (χ1) is 13.1. The molecular formula is C23H28I2N2. The summed E-state index contributed by atoms with van der Waals surface area (Å²) < 4.78 is 2.49. The molecule has 0 aliphatic carbocycles. The van der Waals surface area contributed by atoms with Crippen molar-refractivity contribution in [3.05, 3.63) is 67.6 Å². The maximum absolute atomic E-state index is 5.19. The molecule has 0 spiro atoms. The lowest BCUT2D eigenvalue weighted by molar-refractivity contribution is 0.642. The Labute approximate surface area is 190 Å². The largest absolute Gasteiger partial charge is 0.353 e. The Hall–Kier alpha value is -0.630. The van der Waals surface area contributed by atoms with Crippen molar-refractivity contribution in [1.82, 2.24) is 4.98 Å². The van der Waals surface area contributed by atoms with Crippen molar-refractivity contribution < 1.29 is 0 Å². The van der Waals surface area contributed by atoms with Crippen LogP contribution in [0.25, 0.3) is 0 Å². The molecule has 144 valence electrons. The Morgan fingerprint density at radius 1 is 0.926 bits per heavy atom. The molecule has 1 aromatic heterocycles. The van der Waals surface area contributed by atoms with E-state index in [9.17, 15) is 0 Å². The molecule has 1 aliphatic heterocycles. The summed E-state index contributed by atoms with van der Waals surface area (Å²) in [6.07, 6.45) is 4.25. The summed E-state index contributed by atoms with van der Waals surface area (Å²) in [5.41, 5.74) is 8.66. The molecule has 2 heterocycles. The third-order valence-electron chi connectivity index (χ3n) is 5.67. The average Bonchev–Trinajstić information content (AvgIpc) is 3.18. The van der Waals surface area contributed by atoms with E-state index >= 15 is 0 Å². The minimum atomic E-state index is 0.198. The van der Waals surface area contributed by atoms with Crippen LogP contribution in [0.1, 0.15) is 68.8 Å². The number of rotatable bonds is 7. The van der Waals surface area contributed by atoms with Crippen molar-refractivity contribution in [2.45, 2.75) is 65.3 Å². The molecule has 0 saturated heterocycles. The van der Waals surface area contributed by atoms with Gasteiger partial charge in [0.15, 0.2) is 0 Å². The number of halogens is 2. The van der Waals surface area contributed by atoms with Crippen molar-refractivity contribution in [1.29, 1.82) is 0 Å². The maximum atomic E-state index is 5.19. The van der Waals surface area contributed by atoms with Crippen LogP contribution in [0.2, 0.25) is 0 Å². The molecule has 2 nitrogen and oxygen atoms in total. The van der Waals surface area contributed by atoms with Gasteiger partial charge in [0, 0.05) is 5.69 Å². The number of hydrogen-bond donors (Lipinski definition) is 1. The normalized spacial score (nSPS) is 18.1. The summed E-state index contributed by atoms with van der Waals surface area (Å²) >= 11 is 4.91. The van der Waals surface area contributed by atoms with Gasteiger partial charge in [-0.1, -0.05) is 58.0 Å². The first kappa shape index (κ1) is 21.1. The van der Waals surface area contributed by atoms with E-state index in [4.69, 9.17) is 4.99 Å². The standard InChI is InChI=1S/C23H28I2N2/c1-5-15-17(7-3)22(24)26-20(15)19(14-12-10-9-11-13-14)21-16(6-2)18(8-4)23(25)27-21/h9-13,19-20,27H,5-8H2,1-4H3. The summed E-state index contributed by atoms with van der Waals surface area (Å²) in [5.74, 6) is 0.249. The zero-order valence-electron chi connectivity index (χ0n) is 16.6. The van der Waals surface area contributed by atoms with Crippen molar-refractivity contribution in [2.24, 2.45) is 4.99 Å². The SMILES string of the molecule is CCC1=C(CC)C(C(c2ccccc2)c2[nH]c(I)c(CC)c2CC)N=C1I. The van der Waals surface area contributed by atoms with Gasteiger partial charge in [-0.3, -0.25) is 4.99 Å². The number of nitrogens with one attached hydrogen (secondary N) is 1. The Bertz CT molecular complexity index is 862. The lowest BCUT2D eigenvalue weighted by atomic mass is 9.81. The molecular weight excluding hydrogens is 558 g/mol. The third-order valence-corrected chi connectivity index (χ3v) is 7.52. The Morgan fingerprint density at radius 3 is 2.15 bits per heavy atom. The van der Waals surface area contributed by atoms with E-state index in [2.05, 4.69) is 108 Å². The monoisotopic (exact) mass is 586 g/mol. The van der Waals surface area contributed by atoms with Crippen LogP contribution in [0, 0.1) is 3.70 Å². The van der Waals surface area contributed by atoms with E-state index < -0.39 is 0 Å². The zero-order chi connectivity index (χ0) is 19.6. The third kappa shape index (κ3) is 3.93. The van der Waals surface area contributed by atoms with Crippen LogP contribution in [0.4, 0.5) is 0 Å². The van der Waals surface area contributed by atoms with E-state index in [0.717, 1.165) is 25.7 Å². The molecule has 0 amide bonds. The summed E-state index contributed by atoms with van der Waals surface area (Å²) in [7, 11) is 0. The number of aliphatic imine (C=N–C) groups is 1. The van der Waals surface area contributed by atoms with E-state index in [-0.39, 0.29) is 12.0 Å². The van der Waals surface area contributed by atoms with Crippen LogP contribution in [-0.2, 0) is 12.8 Å². The molecule has 1 N–H and O–H groups in total. The minimum Gasteiger partial charge on any atom is -0.353 e. The Morgan fingerprint density at radius 2 is 1.59 bits per heavy atom. The van der Waals surface area contributed by atoms with E-state index in [0.29, 0.717) is 0 Å². The number of allylic oxidation sites excluding steroid dienone is 1. The fourth-order valence-electron chi connectivity index (χ4n) is 4.43. The van der Waals surface area contributed by atoms with Crippen LogP contribution in [0.15, 0.2) is 46.5 Å². The fraction of sp³-hybridized carbons (Fsp3) is 0.435. The highest BCUT2D eigenvalue weighted by atomic mass is 127. The minimum absolute atomic E-state index is 0.198. The van der Waals surface area contributed by atoms with Crippen LogP contribution < -0.4 is 0 Å². The summed E-state index contributed by atoms with van der Waals surface area (Å²) in [4.78, 5) is 8.97. The summed E-state index contributed by atoms with van der Waals surface area (Å²) in [6.45, 7) is 9.07. The van der Waals surface area contributed by atoms with Crippen LogP contribution in [0.3, 0.4) is 0 Å². The molecule has 3 rings (SSSR count). The lowest BCUT2D eigenvalue weighted by Crippen LogP contribution is -2.21. The predicted molar refractivity (Wildman–Crippen MR) is 133 cm³/mol. The lowest BCUT2D eigenvalue weighted by Gasteiger charge is -2.25. The first-order valence-electron chi connectivity index (χ1n) is 9.96. The van der Waals surface area contributed by atoms with Gasteiger partial charge in [0.1, 0.15) is 0 Å². The fourth-order valence-corrected chi connectivity index (χ4v) is 6.45. The molecule has 0 radical (unpaired) electrons. The molecule has 27 heavy (non-hydrogen) atoms. The van der Waals surface area contributed by atoms with E-state index in [1.165, 1.54) is 40.9 Å². The molecule has 1 aliphatic rings. The number of hydrogen-bond acceptors (Lipinski definition) is 1. The molecule has 0 saturated carbocycles. The van der Waals surface area contributed by atoms with Gasteiger partial charge in [-0.15, -0.1) is 0 Å². The second-order valence-corrected chi connectivity index (χ2v) is 9.08.